The molecular weight excluding hydrogens is 303 g/mol. The Bertz CT molecular complexity index is 464. The lowest BCUT2D eigenvalue weighted by Gasteiger charge is -2.27. The van der Waals surface area contributed by atoms with Gasteiger partial charge in [-0.15, -0.1) is 0 Å². The molecule has 1 aromatic carbocycles. The topological polar surface area (TPSA) is 55.2 Å². The molecule has 4 nitrogen and oxygen atoms in total. The smallest absolute Gasteiger partial charge is 0.293 e. The van der Waals surface area contributed by atoms with Crippen molar-refractivity contribution >= 4 is 27.3 Å². The van der Waals surface area contributed by atoms with Gasteiger partial charge in [0.2, 0.25) is 0 Å². The van der Waals surface area contributed by atoms with Crippen LogP contribution in [0, 0.1) is 15.9 Å². The number of rotatable bonds is 5. The Labute approximate surface area is 114 Å². The van der Waals surface area contributed by atoms with Crippen molar-refractivity contribution in [2.24, 2.45) is 0 Å². The SMILES string of the molecule is CCCC(C)(C)Nc1cc(F)c(Br)cc1[N+](=O)[O-]. The molecule has 0 aliphatic carbocycles. The van der Waals surface area contributed by atoms with Crippen molar-refractivity contribution in [3.63, 3.8) is 0 Å². The minimum absolute atomic E-state index is 0.0908. The van der Waals surface area contributed by atoms with Crippen LogP contribution in [0.4, 0.5) is 15.8 Å². The van der Waals surface area contributed by atoms with Crippen LogP contribution in [-0.4, -0.2) is 10.5 Å². The third-order valence-corrected chi connectivity index (χ3v) is 3.19. The molecule has 0 aliphatic heterocycles. The van der Waals surface area contributed by atoms with Crippen LogP contribution in [0.2, 0.25) is 0 Å². The number of anilines is 1. The number of nitro benzene ring substituents is 1. The number of hydrogen-bond donors (Lipinski definition) is 1. The molecule has 0 aromatic heterocycles. The number of benzene rings is 1. The van der Waals surface area contributed by atoms with Crippen molar-refractivity contribution in [1.29, 1.82) is 0 Å². The highest BCUT2D eigenvalue weighted by Gasteiger charge is 2.23. The Morgan fingerprint density at radius 3 is 2.61 bits per heavy atom. The number of nitrogens with one attached hydrogen (secondary N) is 1. The Morgan fingerprint density at radius 2 is 2.11 bits per heavy atom. The Kier molecular flexibility index (Phi) is 4.67. The first kappa shape index (κ1) is 14.9. The van der Waals surface area contributed by atoms with Crippen molar-refractivity contribution in [3.05, 3.63) is 32.5 Å². The summed E-state index contributed by atoms with van der Waals surface area (Å²) < 4.78 is 13.6. The van der Waals surface area contributed by atoms with Gasteiger partial charge in [-0.1, -0.05) is 13.3 Å². The average molecular weight is 319 g/mol. The second kappa shape index (κ2) is 5.65. The highest BCUT2D eigenvalue weighted by atomic mass is 79.9. The van der Waals surface area contributed by atoms with Gasteiger partial charge in [0.25, 0.3) is 5.69 Å². The van der Waals surface area contributed by atoms with Crippen LogP contribution in [0.3, 0.4) is 0 Å². The lowest BCUT2D eigenvalue weighted by molar-refractivity contribution is -0.384. The molecule has 1 rings (SSSR count). The van der Waals surface area contributed by atoms with Crippen LogP contribution in [0.15, 0.2) is 16.6 Å². The average Bonchev–Trinajstić information content (AvgIpc) is 2.22. The Balaban J connectivity index is 3.15. The molecule has 0 aliphatic rings. The third-order valence-electron chi connectivity index (χ3n) is 2.58. The van der Waals surface area contributed by atoms with Gasteiger partial charge in [-0.25, -0.2) is 4.39 Å². The maximum Gasteiger partial charge on any atom is 0.293 e. The van der Waals surface area contributed by atoms with E-state index in [1.165, 1.54) is 6.07 Å². The molecule has 0 heterocycles. The zero-order chi connectivity index (χ0) is 13.9. The fraction of sp³-hybridized carbons (Fsp3) is 0.500. The molecule has 0 bridgehead atoms. The van der Waals surface area contributed by atoms with Crippen LogP contribution in [0.5, 0.6) is 0 Å². The van der Waals surface area contributed by atoms with Crippen LogP contribution >= 0.6 is 15.9 Å². The maximum absolute atomic E-state index is 13.5. The normalized spacial score (nSPS) is 11.4. The summed E-state index contributed by atoms with van der Waals surface area (Å²) in [6.45, 7) is 5.89. The highest BCUT2D eigenvalue weighted by molar-refractivity contribution is 9.10. The molecule has 0 fully saturated rings. The zero-order valence-electron chi connectivity index (χ0n) is 10.6. The van der Waals surface area contributed by atoms with Crippen LogP contribution in [-0.2, 0) is 0 Å². The first-order chi connectivity index (χ1) is 8.26. The molecule has 0 radical (unpaired) electrons. The molecular formula is C12H16BrFN2O2. The maximum atomic E-state index is 13.5. The summed E-state index contributed by atoms with van der Waals surface area (Å²) >= 11 is 2.95. The largest absolute Gasteiger partial charge is 0.375 e. The molecule has 6 heteroatoms. The molecule has 0 unspecified atom stereocenters. The zero-order valence-corrected chi connectivity index (χ0v) is 12.2. The second-order valence-corrected chi connectivity index (χ2v) is 5.65. The van der Waals surface area contributed by atoms with Gasteiger partial charge in [-0.2, -0.15) is 0 Å². The number of nitrogens with zero attached hydrogens (tertiary/aromatic N) is 1. The van der Waals surface area contributed by atoms with Gasteiger partial charge in [-0.3, -0.25) is 10.1 Å². The van der Waals surface area contributed by atoms with E-state index >= 15 is 0 Å². The summed E-state index contributed by atoms with van der Waals surface area (Å²) in [7, 11) is 0. The molecule has 0 saturated heterocycles. The van der Waals surface area contributed by atoms with E-state index in [1.54, 1.807) is 0 Å². The molecule has 1 aromatic rings. The summed E-state index contributed by atoms with van der Waals surface area (Å²) in [5.41, 5.74) is -0.244. The van der Waals surface area contributed by atoms with E-state index in [-0.39, 0.29) is 21.4 Å². The Hall–Kier alpha value is -1.17. The minimum atomic E-state index is -0.519. The number of hydrogen-bond acceptors (Lipinski definition) is 3. The minimum Gasteiger partial charge on any atom is -0.375 e. The summed E-state index contributed by atoms with van der Waals surface area (Å²) in [6, 6.07) is 2.33. The van der Waals surface area contributed by atoms with E-state index in [0.717, 1.165) is 18.9 Å². The quantitative estimate of drug-likeness (QED) is 0.643. The fourth-order valence-corrected chi connectivity index (χ4v) is 2.17. The van der Waals surface area contributed by atoms with Gasteiger partial charge in [0.15, 0.2) is 0 Å². The summed E-state index contributed by atoms with van der Waals surface area (Å²) in [5, 5.41) is 14.0. The van der Waals surface area contributed by atoms with Gasteiger partial charge >= 0.3 is 0 Å². The number of nitro groups is 1. The molecule has 100 valence electrons. The number of halogens is 2. The molecule has 18 heavy (non-hydrogen) atoms. The highest BCUT2D eigenvalue weighted by Crippen LogP contribution is 2.33. The van der Waals surface area contributed by atoms with Crippen molar-refractivity contribution < 1.29 is 9.31 Å². The Morgan fingerprint density at radius 1 is 1.50 bits per heavy atom. The van der Waals surface area contributed by atoms with Crippen molar-refractivity contribution in [3.8, 4) is 0 Å². The van der Waals surface area contributed by atoms with E-state index in [2.05, 4.69) is 21.2 Å². The summed E-state index contributed by atoms with van der Waals surface area (Å²) in [4.78, 5) is 10.4. The van der Waals surface area contributed by atoms with Crippen LogP contribution < -0.4 is 5.32 Å². The van der Waals surface area contributed by atoms with Gasteiger partial charge < -0.3 is 5.32 Å². The third kappa shape index (κ3) is 3.66. The van der Waals surface area contributed by atoms with Crippen molar-refractivity contribution in [2.45, 2.75) is 39.2 Å². The van der Waals surface area contributed by atoms with Gasteiger partial charge in [0, 0.05) is 17.7 Å². The van der Waals surface area contributed by atoms with Crippen LogP contribution in [0.1, 0.15) is 33.6 Å². The van der Waals surface area contributed by atoms with Crippen molar-refractivity contribution in [2.75, 3.05) is 5.32 Å². The van der Waals surface area contributed by atoms with Gasteiger partial charge in [0.1, 0.15) is 11.5 Å². The second-order valence-electron chi connectivity index (χ2n) is 4.80. The van der Waals surface area contributed by atoms with Gasteiger partial charge in [0.05, 0.1) is 9.40 Å². The lowest BCUT2D eigenvalue weighted by Crippen LogP contribution is -2.30. The van der Waals surface area contributed by atoms with E-state index in [1.807, 2.05) is 20.8 Å². The molecule has 0 spiro atoms. The lowest BCUT2D eigenvalue weighted by atomic mass is 9.98. The first-order valence-electron chi connectivity index (χ1n) is 5.68. The van der Waals surface area contributed by atoms with Crippen LogP contribution in [0.25, 0.3) is 0 Å². The summed E-state index contributed by atoms with van der Waals surface area (Å²) in [6.07, 6.45) is 1.77. The molecule has 1 N–H and O–H groups in total. The van der Waals surface area contributed by atoms with E-state index in [4.69, 9.17) is 0 Å². The fourth-order valence-electron chi connectivity index (χ4n) is 1.84. The van der Waals surface area contributed by atoms with Gasteiger partial charge in [-0.05, 0) is 36.2 Å². The molecule has 0 atom stereocenters. The standard InChI is InChI=1S/C12H16BrFN2O2/c1-4-5-12(2,3)15-10-7-9(14)8(13)6-11(10)16(17)18/h6-7,15H,4-5H2,1-3H3. The predicted molar refractivity (Wildman–Crippen MR) is 73.4 cm³/mol. The van der Waals surface area contributed by atoms with E-state index in [9.17, 15) is 14.5 Å². The summed E-state index contributed by atoms with van der Waals surface area (Å²) in [5.74, 6) is -0.518. The molecule has 0 saturated carbocycles. The van der Waals surface area contributed by atoms with E-state index in [0.29, 0.717) is 0 Å². The monoisotopic (exact) mass is 318 g/mol. The first-order valence-corrected chi connectivity index (χ1v) is 6.48. The predicted octanol–water partition coefficient (Wildman–Crippen LogP) is 4.49. The van der Waals surface area contributed by atoms with Crippen molar-refractivity contribution in [1.82, 2.24) is 0 Å². The van der Waals surface area contributed by atoms with E-state index < -0.39 is 10.7 Å². The molecule has 0 amide bonds.